The molecule has 0 aromatic heterocycles. The first-order valence-electron chi connectivity index (χ1n) is 4.48. The van der Waals surface area contributed by atoms with Crippen LogP contribution in [0, 0.1) is 0 Å². The van der Waals surface area contributed by atoms with Crippen molar-refractivity contribution in [3.05, 3.63) is 35.5 Å². The fraction of sp³-hybridized carbons (Fsp3) is 0.273. The van der Waals surface area contributed by atoms with E-state index in [2.05, 4.69) is 29.6 Å². The topological polar surface area (TPSA) is 14.1 Å². The molecular formula is C11H10N. The Morgan fingerprint density at radius 3 is 3.00 bits per heavy atom. The number of rotatable bonds is 0. The summed E-state index contributed by atoms with van der Waals surface area (Å²) in [7, 11) is 0. The van der Waals surface area contributed by atoms with Gasteiger partial charge in [0, 0.05) is 11.3 Å². The lowest BCUT2D eigenvalue weighted by Gasteiger charge is -2.00. The summed E-state index contributed by atoms with van der Waals surface area (Å²) in [5.74, 6) is 0. The lowest BCUT2D eigenvalue weighted by molar-refractivity contribution is 0.859. The van der Waals surface area contributed by atoms with Crippen LogP contribution >= 0.6 is 0 Å². The van der Waals surface area contributed by atoms with E-state index in [-0.39, 0.29) is 0 Å². The Kier molecular flexibility index (Phi) is 1.12. The van der Waals surface area contributed by atoms with Crippen LogP contribution in [0.15, 0.2) is 30.0 Å². The highest BCUT2D eigenvalue weighted by Gasteiger charge is 2.25. The predicted octanol–water partition coefficient (Wildman–Crippen LogP) is 2.83. The zero-order valence-corrected chi connectivity index (χ0v) is 6.88. The normalized spacial score (nSPS) is 19.0. The molecule has 0 fully saturated rings. The minimum atomic E-state index is 1.18. The van der Waals surface area contributed by atoms with E-state index in [0.717, 1.165) is 0 Å². The molecule has 0 saturated heterocycles. The van der Waals surface area contributed by atoms with Crippen LogP contribution in [-0.2, 0) is 0 Å². The van der Waals surface area contributed by atoms with E-state index in [0.29, 0.717) is 0 Å². The fourth-order valence-corrected chi connectivity index (χ4v) is 2.11. The first kappa shape index (κ1) is 6.30. The molecule has 1 heterocycles. The van der Waals surface area contributed by atoms with E-state index in [1.54, 1.807) is 0 Å². The van der Waals surface area contributed by atoms with E-state index in [1.165, 1.54) is 41.8 Å². The molecule has 1 heteroatoms. The second kappa shape index (κ2) is 2.13. The Morgan fingerprint density at radius 2 is 2.00 bits per heavy atom. The summed E-state index contributed by atoms with van der Waals surface area (Å²) < 4.78 is 0. The molecule has 2 aliphatic rings. The maximum Gasteiger partial charge on any atom is 0.0708 e. The maximum absolute atomic E-state index is 4.59. The van der Waals surface area contributed by atoms with Crippen molar-refractivity contribution in [3.63, 3.8) is 0 Å². The fourth-order valence-electron chi connectivity index (χ4n) is 2.11. The Bertz CT molecular complexity index is 363. The lowest BCUT2D eigenvalue weighted by Crippen LogP contribution is -1.89. The number of hydrogen-bond acceptors (Lipinski definition) is 0. The van der Waals surface area contributed by atoms with Gasteiger partial charge in [-0.2, -0.15) is 0 Å². The van der Waals surface area contributed by atoms with Gasteiger partial charge in [-0.15, -0.1) is 0 Å². The number of allylic oxidation sites excluding steroid dienone is 2. The average Bonchev–Trinajstić information content (AvgIpc) is 2.62. The summed E-state index contributed by atoms with van der Waals surface area (Å²) in [5, 5.41) is 4.59. The molecule has 0 bridgehead atoms. The van der Waals surface area contributed by atoms with E-state index < -0.39 is 0 Å². The van der Waals surface area contributed by atoms with Crippen molar-refractivity contribution in [2.75, 3.05) is 0 Å². The molecular weight excluding hydrogens is 146 g/mol. The summed E-state index contributed by atoms with van der Waals surface area (Å²) in [6.45, 7) is 0. The van der Waals surface area contributed by atoms with Crippen LogP contribution < -0.4 is 5.32 Å². The van der Waals surface area contributed by atoms with Crippen molar-refractivity contribution in [2.45, 2.75) is 19.3 Å². The highest BCUT2D eigenvalue weighted by Crippen LogP contribution is 2.42. The summed E-state index contributed by atoms with van der Waals surface area (Å²) in [5.41, 5.74) is 5.41. The average molecular weight is 156 g/mol. The Balaban J connectivity index is 2.18. The molecule has 1 aliphatic heterocycles. The second-order valence-electron chi connectivity index (χ2n) is 3.41. The second-order valence-corrected chi connectivity index (χ2v) is 3.41. The Hall–Kier alpha value is -1.24. The Morgan fingerprint density at radius 1 is 1.08 bits per heavy atom. The van der Waals surface area contributed by atoms with Gasteiger partial charge >= 0.3 is 0 Å². The third-order valence-electron chi connectivity index (χ3n) is 2.67. The molecule has 1 aromatic carbocycles. The van der Waals surface area contributed by atoms with Gasteiger partial charge in [0.1, 0.15) is 0 Å². The van der Waals surface area contributed by atoms with Crippen molar-refractivity contribution in [3.8, 4) is 0 Å². The van der Waals surface area contributed by atoms with Gasteiger partial charge in [-0.25, -0.2) is 0 Å². The third-order valence-corrected chi connectivity index (χ3v) is 2.67. The van der Waals surface area contributed by atoms with Crippen molar-refractivity contribution in [2.24, 2.45) is 0 Å². The van der Waals surface area contributed by atoms with Crippen LogP contribution in [0.5, 0.6) is 0 Å². The highest BCUT2D eigenvalue weighted by atomic mass is 14.9. The molecule has 0 spiro atoms. The van der Waals surface area contributed by atoms with Crippen LogP contribution in [0.3, 0.4) is 0 Å². The largest absolute Gasteiger partial charge is 0.253 e. The van der Waals surface area contributed by atoms with Crippen LogP contribution in [0.4, 0.5) is 5.69 Å². The number of para-hydroxylation sites is 1. The van der Waals surface area contributed by atoms with Crippen LogP contribution in [0.1, 0.15) is 24.8 Å². The monoisotopic (exact) mass is 156 g/mol. The van der Waals surface area contributed by atoms with Crippen molar-refractivity contribution < 1.29 is 0 Å². The first-order chi connectivity index (χ1) is 5.95. The molecule has 1 aromatic rings. The maximum atomic E-state index is 4.59. The SMILES string of the molecule is c1ccc2c(c1)[N]C1=C2CCC1. The molecule has 0 N–H and O–H groups in total. The standard InChI is InChI=1S/C11H10N/c1-2-6-10-8(4-1)9-5-3-7-11(9)12-10/h1-2,4,6H,3,5,7H2. The van der Waals surface area contributed by atoms with Gasteiger partial charge in [0.05, 0.1) is 5.69 Å². The minimum absolute atomic E-state index is 1.18. The lowest BCUT2D eigenvalue weighted by atomic mass is 10.1. The summed E-state index contributed by atoms with van der Waals surface area (Å²) >= 11 is 0. The van der Waals surface area contributed by atoms with E-state index in [1.807, 2.05) is 0 Å². The molecule has 12 heavy (non-hydrogen) atoms. The number of benzene rings is 1. The number of hydrogen-bond donors (Lipinski definition) is 0. The molecule has 3 rings (SSSR count). The predicted molar refractivity (Wildman–Crippen MR) is 49.0 cm³/mol. The molecule has 0 amide bonds. The first-order valence-corrected chi connectivity index (χ1v) is 4.48. The van der Waals surface area contributed by atoms with Gasteiger partial charge in [-0.05, 0) is 30.9 Å². The summed E-state index contributed by atoms with van der Waals surface area (Å²) in [4.78, 5) is 0. The van der Waals surface area contributed by atoms with Gasteiger partial charge in [-0.1, -0.05) is 18.2 Å². The number of nitrogens with zero attached hydrogens (tertiary/aromatic N) is 1. The molecule has 0 atom stereocenters. The number of fused-ring (bicyclic) bond motifs is 2. The zero-order valence-electron chi connectivity index (χ0n) is 6.88. The van der Waals surface area contributed by atoms with Gasteiger partial charge < -0.3 is 0 Å². The zero-order chi connectivity index (χ0) is 7.97. The van der Waals surface area contributed by atoms with Gasteiger partial charge in [0.25, 0.3) is 0 Å². The molecule has 0 unspecified atom stereocenters. The van der Waals surface area contributed by atoms with Gasteiger partial charge in [-0.3, -0.25) is 5.32 Å². The molecule has 1 radical (unpaired) electrons. The van der Waals surface area contributed by atoms with Crippen LogP contribution in [0.2, 0.25) is 0 Å². The molecule has 59 valence electrons. The quantitative estimate of drug-likeness (QED) is 0.548. The molecule has 1 aliphatic carbocycles. The smallest absolute Gasteiger partial charge is 0.0708 e. The third kappa shape index (κ3) is 0.685. The van der Waals surface area contributed by atoms with Crippen molar-refractivity contribution >= 4 is 11.3 Å². The Labute approximate surface area is 72.1 Å². The highest BCUT2D eigenvalue weighted by molar-refractivity contribution is 5.83. The van der Waals surface area contributed by atoms with E-state index >= 15 is 0 Å². The van der Waals surface area contributed by atoms with E-state index in [4.69, 9.17) is 0 Å². The van der Waals surface area contributed by atoms with Gasteiger partial charge in [0.2, 0.25) is 0 Å². The molecule has 1 nitrogen and oxygen atoms in total. The van der Waals surface area contributed by atoms with Crippen LogP contribution in [0.25, 0.3) is 5.57 Å². The minimum Gasteiger partial charge on any atom is -0.253 e. The van der Waals surface area contributed by atoms with Crippen molar-refractivity contribution in [1.82, 2.24) is 5.32 Å². The summed E-state index contributed by atoms with van der Waals surface area (Å²) in [6.07, 6.45) is 3.71. The molecule has 0 saturated carbocycles. The summed E-state index contributed by atoms with van der Waals surface area (Å²) in [6, 6.07) is 8.45. The van der Waals surface area contributed by atoms with E-state index in [9.17, 15) is 0 Å². The van der Waals surface area contributed by atoms with Crippen LogP contribution in [-0.4, -0.2) is 0 Å². The van der Waals surface area contributed by atoms with Gasteiger partial charge in [0.15, 0.2) is 0 Å². The van der Waals surface area contributed by atoms with Crippen molar-refractivity contribution in [1.29, 1.82) is 0 Å².